The van der Waals surface area contributed by atoms with Crippen molar-refractivity contribution in [1.29, 1.82) is 0 Å². The van der Waals surface area contributed by atoms with E-state index in [0.717, 1.165) is 12.3 Å². The topological polar surface area (TPSA) is 0 Å². The van der Waals surface area contributed by atoms with Crippen LogP contribution in [0.4, 0.5) is 0 Å². The molecule has 0 saturated heterocycles. The Morgan fingerprint density at radius 3 is 1.94 bits per heavy atom. The van der Waals surface area contributed by atoms with Gasteiger partial charge in [0.15, 0.2) is 0 Å². The van der Waals surface area contributed by atoms with Gasteiger partial charge in [0.05, 0.1) is 0 Å². The molecule has 0 aromatic heterocycles. The summed E-state index contributed by atoms with van der Waals surface area (Å²) >= 11 is 0. The Morgan fingerprint density at radius 1 is 1.12 bits per heavy atom. The van der Waals surface area contributed by atoms with E-state index in [-0.39, 0.29) is 57.0 Å². The molecule has 0 fully saturated rings. The standard InChI is InChI=1S/C13H24.2BrH.Mg/c1-6-7-8-13(12(4)5)10-9-11(2)3;;;/h6,11,13H,1,4,7-10H2,2-3,5H3;2*1H;/q;;;+2/p-2. The van der Waals surface area contributed by atoms with E-state index in [1.54, 1.807) is 0 Å². The van der Waals surface area contributed by atoms with Gasteiger partial charge in [0.1, 0.15) is 0 Å². The molecule has 0 spiro atoms. The SMILES string of the molecule is C=CCCC(CCC(C)C)C(=C)C.[Br-].[Br-].[Mg+2]. The summed E-state index contributed by atoms with van der Waals surface area (Å²) in [6, 6.07) is 0. The summed E-state index contributed by atoms with van der Waals surface area (Å²) in [4.78, 5) is 0. The zero-order valence-corrected chi connectivity index (χ0v) is 15.5. The maximum atomic E-state index is 4.05. The van der Waals surface area contributed by atoms with Gasteiger partial charge >= 0.3 is 23.1 Å². The molecule has 0 aliphatic heterocycles. The van der Waals surface area contributed by atoms with Gasteiger partial charge in [0.25, 0.3) is 0 Å². The zero-order chi connectivity index (χ0) is 10.3. The molecule has 92 valence electrons. The van der Waals surface area contributed by atoms with Crippen LogP contribution in [0.2, 0.25) is 0 Å². The van der Waals surface area contributed by atoms with Crippen molar-refractivity contribution in [3.8, 4) is 0 Å². The molecule has 0 aromatic carbocycles. The van der Waals surface area contributed by atoms with Crippen LogP contribution in [-0.4, -0.2) is 23.1 Å². The number of hydrogen-bond acceptors (Lipinski definition) is 0. The van der Waals surface area contributed by atoms with E-state index in [4.69, 9.17) is 0 Å². The predicted octanol–water partition coefficient (Wildman–Crippen LogP) is -1.79. The minimum Gasteiger partial charge on any atom is -1.00 e. The maximum Gasteiger partial charge on any atom is 2.00 e. The van der Waals surface area contributed by atoms with Gasteiger partial charge in [-0.2, -0.15) is 0 Å². The molecule has 0 bridgehead atoms. The first-order valence-corrected chi connectivity index (χ1v) is 5.34. The zero-order valence-electron chi connectivity index (χ0n) is 10.9. The van der Waals surface area contributed by atoms with Gasteiger partial charge in [-0.1, -0.05) is 38.5 Å². The van der Waals surface area contributed by atoms with Gasteiger partial charge in [-0.05, 0) is 38.0 Å². The predicted molar refractivity (Wildman–Crippen MR) is 67.6 cm³/mol. The van der Waals surface area contributed by atoms with Crippen LogP contribution < -0.4 is 34.0 Å². The second kappa shape index (κ2) is 16.2. The smallest absolute Gasteiger partial charge is 1.00 e. The second-order valence-corrected chi connectivity index (χ2v) is 4.38. The molecule has 0 aliphatic carbocycles. The summed E-state index contributed by atoms with van der Waals surface area (Å²) in [5, 5.41) is 0. The quantitative estimate of drug-likeness (QED) is 0.370. The van der Waals surface area contributed by atoms with Gasteiger partial charge in [-0.25, -0.2) is 0 Å². The molecular weight excluding hydrogens is 340 g/mol. The van der Waals surface area contributed by atoms with Crippen LogP contribution in [0.5, 0.6) is 0 Å². The van der Waals surface area contributed by atoms with E-state index in [1.165, 1.54) is 24.8 Å². The molecule has 1 atom stereocenters. The molecule has 0 nitrogen and oxygen atoms in total. The van der Waals surface area contributed by atoms with Crippen molar-refractivity contribution in [3.63, 3.8) is 0 Å². The van der Waals surface area contributed by atoms with E-state index in [0.29, 0.717) is 5.92 Å². The molecule has 0 N–H and O–H groups in total. The van der Waals surface area contributed by atoms with Crippen LogP contribution in [0.25, 0.3) is 0 Å². The Morgan fingerprint density at radius 2 is 1.62 bits per heavy atom. The van der Waals surface area contributed by atoms with Crippen molar-refractivity contribution < 1.29 is 34.0 Å². The van der Waals surface area contributed by atoms with Crippen molar-refractivity contribution in [1.82, 2.24) is 0 Å². The Balaban J connectivity index is -0.000000240. The van der Waals surface area contributed by atoms with Crippen molar-refractivity contribution in [2.75, 3.05) is 0 Å². The second-order valence-electron chi connectivity index (χ2n) is 4.38. The van der Waals surface area contributed by atoms with Gasteiger partial charge < -0.3 is 34.0 Å². The van der Waals surface area contributed by atoms with Crippen LogP contribution >= 0.6 is 0 Å². The summed E-state index contributed by atoms with van der Waals surface area (Å²) in [5.74, 6) is 1.52. The van der Waals surface area contributed by atoms with Crippen LogP contribution in [0, 0.1) is 11.8 Å². The third-order valence-electron chi connectivity index (χ3n) is 2.51. The molecular formula is C13H24Br2Mg. The Bertz CT molecular complexity index is 167. The summed E-state index contributed by atoms with van der Waals surface area (Å²) in [7, 11) is 0. The fourth-order valence-corrected chi connectivity index (χ4v) is 1.49. The van der Waals surface area contributed by atoms with Gasteiger partial charge in [0.2, 0.25) is 0 Å². The summed E-state index contributed by atoms with van der Waals surface area (Å²) < 4.78 is 0. The number of hydrogen-bond donors (Lipinski definition) is 0. The Labute approximate surface area is 139 Å². The van der Waals surface area contributed by atoms with Crippen molar-refractivity contribution in [2.24, 2.45) is 11.8 Å². The fourth-order valence-electron chi connectivity index (χ4n) is 1.49. The average molecular weight is 364 g/mol. The van der Waals surface area contributed by atoms with Crippen LogP contribution in [-0.2, 0) is 0 Å². The summed E-state index contributed by atoms with van der Waals surface area (Å²) in [6.07, 6.45) is 6.96. The number of rotatable bonds is 7. The van der Waals surface area contributed by atoms with E-state index < -0.39 is 0 Å². The Kier molecular flexibility index (Phi) is 26.2. The first-order chi connectivity index (χ1) is 6.07. The van der Waals surface area contributed by atoms with Crippen molar-refractivity contribution in [3.05, 3.63) is 24.8 Å². The molecule has 0 radical (unpaired) electrons. The summed E-state index contributed by atoms with van der Waals surface area (Å²) in [6.45, 7) is 14.5. The normalized spacial score (nSPS) is 10.5. The first-order valence-electron chi connectivity index (χ1n) is 5.34. The molecule has 1 unspecified atom stereocenters. The molecule has 0 aliphatic rings. The third kappa shape index (κ3) is 15.2. The molecule has 0 heterocycles. The minimum absolute atomic E-state index is 0. The number of allylic oxidation sites excluding steroid dienone is 2. The summed E-state index contributed by atoms with van der Waals surface area (Å²) in [5.41, 5.74) is 1.34. The molecule has 0 aromatic rings. The van der Waals surface area contributed by atoms with Crippen LogP contribution in [0.15, 0.2) is 24.8 Å². The van der Waals surface area contributed by atoms with Crippen molar-refractivity contribution >= 4 is 23.1 Å². The monoisotopic (exact) mass is 362 g/mol. The van der Waals surface area contributed by atoms with E-state index in [9.17, 15) is 0 Å². The first kappa shape index (κ1) is 25.9. The molecule has 3 heteroatoms. The molecule has 0 saturated carbocycles. The van der Waals surface area contributed by atoms with Crippen molar-refractivity contribution in [2.45, 2.75) is 46.5 Å². The van der Waals surface area contributed by atoms with Crippen LogP contribution in [0.1, 0.15) is 46.5 Å². The minimum atomic E-state index is 0. The largest absolute Gasteiger partial charge is 2.00 e. The third-order valence-corrected chi connectivity index (χ3v) is 2.51. The fraction of sp³-hybridized carbons (Fsp3) is 0.692. The molecule has 16 heavy (non-hydrogen) atoms. The van der Waals surface area contributed by atoms with E-state index >= 15 is 0 Å². The van der Waals surface area contributed by atoms with Gasteiger partial charge in [-0.3, -0.25) is 0 Å². The van der Waals surface area contributed by atoms with E-state index in [1.807, 2.05) is 6.08 Å². The van der Waals surface area contributed by atoms with E-state index in [2.05, 4.69) is 33.9 Å². The van der Waals surface area contributed by atoms with Crippen LogP contribution in [0.3, 0.4) is 0 Å². The number of halogens is 2. The Hall–Kier alpha value is 1.21. The molecule has 0 rings (SSSR count). The van der Waals surface area contributed by atoms with Gasteiger partial charge in [-0.15, -0.1) is 6.58 Å². The van der Waals surface area contributed by atoms with Gasteiger partial charge in [0, 0.05) is 0 Å². The maximum absolute atomic E-state index is 4.05. The molecule has 0 amide bonds. The average Bonchev–Trinajstić information content (AvgIpc) is 2.03.